The predicted octanol–water partition coefficient (Wildman–Crippen LogP) is 6.21. The van der Waals surface area contributed by atoms with Crippen molar-refractivity contribution in [3.63, 3.8) is 0 Å². The van der Waals surface area contributed by atoms with E-state index in [1.54, 1.807) is 0 Å². The summed E-state index contributed by atoms with van der Waals surface area (Å²) in [7, 11) is 0. The van der Waals surface area contributed by atoms with Crippen molar-refractivity contribution in [1.29, 1.82) is 0 Å². The molecule has 1 heterocycles. The summed E-state index contributed by atoms with van der Waals surface area (Å²) in [5, 5.41) is 3.14. The van der Waals surface area contributed by atoms with E-state index < -0.39 is 0 Å². The van der Waals surface area contributed by atoms with Crippen molar-refractivity contribution in [2.24, 2.45) is 0 Å². The third kappa shape index (κ3) is 4.24. The average molecular weight is 369 g/mol. The standard InChI is InChI=1S/C22H28N2OS/c1-15(2)17-5-7-19(8-6-17)21-24(13-14-26-21)22(25)23-20-11-9-18(10-12-20)16(3)4/h5-12,15-16,21H,13-14H2,1-4H3,(H,23,25)/t21-/m0/s1. The van der Waals surface area contributed by atoms with Crippen molar-refractivity contribution in [2.45, 2.75) is 44.9 Å². The summed E-state index contributed by atoms with van der Waals surface area (Å²) in [5.41, 5.74) is 4.66. The summed E-state index contributed by atoms with van der Waals surface area (Å²) in [6.07, 6.45) is 0. The number of urea groups is 1. The molecular weight excluding hydrogens is 340 g/mol. The van der Waals surface area contributed by atoms with E-state index in [4.69, 9.17) is 0 Å². The maximum atomic E-state index is 12.8. The maximum absolute atomic E-state index is 12.8. The topological polar surface area (TPSA) is 32.3 Å². The molecule has 26 heavy (non-hydrogen) atoms. The van der Waals surface area contributed by atoms with Gasteiger partial charge in [0.25, 0.3) is 0 Å². The van der Waals surface area contributed by atoms with Crippen LogP contribution >= 0.6 is 11.8 Å². The highest BCUT2D eigenvalue weighted by Gasteiger charge is 2.30. The fraction of sp³-hybridized carbons (Fsp3) is 0.409. The van der Waals surface area contributed by atoms with Gasteiger partial charge in [-0.15, -0.1) is 11.8 Å². The van der Waals surface area contributed by atoms with E-state index >= 15 is 0 Å². The second-order valence-electron chi connectivity index (χ2n) is 7.44. The van der Waals surface area contributed by atoms with Crippen molar-refractivity contribution in [1.82, 2.24) is 4.90 Å². The van der Waals surface area contributed by atoms with Gasteiger partial charge in [0.2, 0.25) is 0 Å². The lowest BCUT2D eigenvalue weighted by molar-refractivity contribution is 0.214. The van der Waals surface area contributed by atoms with Gasteiger partial charge in [-0.3, -0.25) is 0 Å². The van der Waals surface area contributed by atoms with Crippen LogP contribution in [0.1, 0.15) is 61.6 Å². The van der Waals surface area contributed by atoms with E-state index in [0.29, 0.717) is 11.8 Å². The molecule has 0 bridgehead atoms. The molecule has 1 N–H and O–H groups in total. The van der Waals surface area contributed by atoms with E-state index in [1.807, 2.05) is 28.8 Å². The number of carbonyl (C=O) groups is 1. The van der Waals surface area contributed by atoms with Crippen molar-refractivity contribution in [3.8, 4) is 0 Å². The van der Waals surface area contributed by atoms with Crippen LogP contribution in [0, 0.1) is 0 Å². The first-order valence-corrected chi connectivity index (χ1v) is 10.4. The zero-order valence-corrected chi connectivity index (χ0v) is 16.8. The third-order valence-electron chi connectivity index (χ3n) is 4.87. The van der Waals surface area contributed by atoms with Crippen molar-refractivity contribution >= 4 is 23.5 Å². The van der Waals surface area contributed by atoms with Gasteiger partial charge in [-0.05, 0) is 40.7 Å². The number of rotatable bonds is 4. The summed E-state index contributed by atoms with van der Waals surface area (Å²) in [6.45, 7) is 9.51. The smallest absolute Gasteiger partial charge is 0.308 e. The Labute approximate surface area is 161 Å². The molecule has 2 amide bonds. The Hall–Kier alpha value is -1.94. The van der Waals surface area contributed by atoms with Gasteiger partial charge in [0.15, 0.2) is 0 Å². The zero-order chi connectivity index (χ0) is 18.7. The Balaban J connectivity index is 1.69. The lowest BCUT2D eigenvalue weighted by atomic mass is 10.0. The Kier molecular flexibility index (Phi) is 5.92. The summed E-state index contributed by atoms with van der Waals surface area (Å²) in [6, 6.07) is 16.8. The molecule has 1 atom stereocenters. The molecule has 3 rings (SSSR count). The molecule has 1 aliphatic heterocycles. The molecule has 2 aromatic rings. The number of nitrogens with one attached hydrogen (secondary N) is 1. The molecule has 1 aliphatic rings. The molecule has 0 saturated carbocycles. The molecule has 1 fully saturated rings. The summed E-state index contributed by atoms with van der Waals surface area (Å²) < 4.78 is 0. The fourth-order valence-electron chi connectivity index (χ4n) is 3.15. The van der Waals surface area contributed by atoms with Crippen molar-refractivity contribution in [2.75, 3.05) is 17.6 Å². The first kappa shape index (κ1) is 18.8. The number of nitrogens with zero attached hydrogens (tertiary/aromatic N) is 1. The molecule has 0 spiro atoms. The van der Waals surface area contributed by atoms with Crippen LogP contribution in [0.25, 0.3) is 0 Å². The van der Waals surface area contributed by atoms with Gasteiger partial charge in [-0.25, -0.2) is 4.79 Å². The number of thioether (sulfide) groups is 1. The molecule has 138 valence electrons. The second-order valence-corrected chi connectivity index (χ2v) is 8.63. The average Bonchev–Trinajstić information content (AvgIpc) is 3.12. The monoisotopic (exact) mass is 368 g/mol. The predicted molar refractivity (Wildman–Crippen MR) is 112 cm³/mol. The van der Waals surface area contributed by atoms with Gasteiger partial charge in [-0.2, -0.15) is 0 Å². The molecule has 2 aromatic carbocycles. The van der Waals surface area contributed by atoms with Gasteiger partial charge in [0, 0.05) is 18.0 Å². The molecule has 0 unspecified atom stereocenters. The normalized spacial score (nSPS) is 17.2. The summed E-state index contributed by atoms with van der Waals surface area (Å²) in [5.74, 6) is 1.98. The minimum Gasteiger partial charge on any atom is -0.308 e. The first-order valence-electron chi connectivity index (χ1n) is 9.34. The van der Waals surface area contributed by atoms with Gasteiger partial charge in [0.05, 0.1) is 0 Å². The van der Waals surface area contributed by atoms with Crippen LogP contribution in [0.5, 0.6) is 0 Å². The Morgan fingerprint density at radius 2 is 1.50 bits per heavy atom. The highest BCUT2D eigenvalue weighted by molar-refractivity contribution is 7.99. The van der Waals surface area contributed by atoms with Gasteiger partial charge < -0.3 is 10.2 Å². The van der Waals surface area contributed by atoms with Crippen molar-refractivity contribution in [3.05, 3.63) is 65.2 Å². The molecule has 1 saturated heterocycles. The largest absolute Gasteiger partial charge is 0.323 e. The Bertz CT molecular complexity index is 738. The number of amides is 2. The highest BCUT2D eigenvalue weighted by atomic mass is 32.2. The van der Waals surface area contributed by atoms with E-state index in [9.17, 15) is 4.79 Å². The van der Waals surface area contributed by atoms with E-state index in [-0.39, 0.29) is 11.4 Å². The second kappa shape index (κ2) is 8.17. The number of hydrogen-bond acceptors (Lipinski definition) is 2. The van der Waals surface area contributed by atoms with Crippen molar-refractivity contribution < 1.29 is 4.79 Å². The minimum absolute atomic E-state index is 0.0229. The molecule has 4 heteroatoms. The van der Waals surface area contributed by atoms with Crippen LogP contribution in [0.2, 0.25) is 0 Å². The molecular formula is C22H28N2OS. The van der Waals surface area contributed by atoms with Gasteiger partial charge in [-0.1, -0.05) is 64.1 Å². The number of carbonyl (C=O) groups excluding carboxylic acids is 1. The Morgan fingerprint density at radius 3 is 2.04 bits per heavy atom. The van der Waals surface area contributed by atoms with Crippen LogP contribution in [0.3, 0.4) is 0 Å². The van der Waals surface area contributed by atoms with Crippen LogP contribution in [0.15, 0.2) is 48.5 Å². The quantitative estimate of drug-likeness (QED) is 0.695. The molecule has 3 nitrogen and oxygen atoms in total. The summed E-state index contributed by atoms with van der Waals surface area (Å²) >= 11 is 1.83. The molecule has 0 radical (unpaired) electrons. The Morgan fingerprint density at radius 1 is 0.962 bits per heavy atom. The third-order valence-corrected chi connectivity index (χ3v) is 6.13. The minimum atomic E-state index is -0.0229. The van der Waals surface area contributed by atoms with Crippen LogP contribution in [0.4, 0.5) is 10.5 Å². The van der Waals surface area contributed by atoms with Gasteiger partial charge in [0.1, 0.15) is 5.37 Å². The fourth-order valence-corrected chi connectivity index (χ4v) is 4.40. The lowest BCUT2D eigenvalue weighted by Crippen LogP contribution is -2.34. The summed E-state index contributed by atoms with van der Waals surface area (Å²) in [4.78, 5) is 14.7. The van der Waals surface area contributed by atoms with Crippen LogP contribution in [-0.4, -0.2) is 23.2 Å². The SMILES string of the molecule is CC(C)c1ccc(NC(=O)N2CCS[C@H]2c2ccc(C(C)C)cc2)cc1. The first-order chi connectivity index (χ1) is 12.5. The maximum Gasteiger partial charge on any atom is 0.323 e. The van der Waals surface area contributed by atoms with Crippen LogP contribution in [-0.2, 0) is 0 Å². The molecule has 0 aliphatic carbocycles. The zero-order valence-electron chi connectivity index (χ0n) is 16.0. The number of anilines is 1. The van der Waals surface area contributed by atoms with Crippen LogP contribution < -0.4 is 5.32 Å². The number of hydrogen-bond donors (Lipinski definition) is 1. The lowest BCUT2D eigenvalue weighted by Gasteiger charge is -2.25. The van der Waals surface area contributed by atoms with Gasteiger partial charge >= 0.3 is 6.03 Å². The number of benzene rings is 2. The van der Waals surface area contributed by atoms with E-state index in [0.717, 1.165) is 18.0 Å². The van der Waals surface area contributed by atoms with E-state index in [2.05, 4.69) is 69.4 Å². The highest BCUT2D eigenvalue weighted by Crippen LogP contribution is 2.38. The van der Waals surface area contributed by atoms with E-state index in [1.165, 1.54) is 16.7 Å². The molecule has 0 aromatic heterocycles.